The number of benzene rings is 1. The maximum absolute atomic E-state index is 15.2. The normalized spacial score (nSPS) is 19.5. The molecule has 2 aliphatic rings. The van der Waals surface area contributed by atoms with E-state index in [1.165, 1.54) is 0 Å². The molecule has 4 rings (SSSR count). The molecule has 0 bridgehead atoms. The van der Waals surface area contributed by atoms with Crippen molar-refractivity contribution in [2.75, 3.05) is 31.9 Å². The number of hydrogen-bond acceptors (Lipinski definition) is 7. The number of allylic oxidation sites excluding steroid dienone is 3. The molecule has 6 N–H and O–H groups in total. The van der Waals surface area contributed by atoms with Gasteiger partial charge in [0, 0.05) is 31.6 Å². The highest BCUT2D eigenvalue weighted by Gasteiger charge is 2.26. The van der Waals surface area contributed by atoms with Crippen molar-refractivity contribution >= 4 is 45.7 Å². The average Bonchev–Trinajstić information content (AvgIpc) is 2.69. The third kappa shape index (κ3) is 3.56. The number of pyridine rings is 1. The molecule has 28 heavy (non-hydrogen) atoms. The fourth-order valence-electron chi connectivity index (χ4n) is 3.44. The molecule has 3 heterocycles. The Labute approximate surface area is 171 Å². The molecule has 0 aliphatic carbocycles. The maximum atomic E-state index is 15.2. The van der Waals surface area contributed by atoms with Gasteiger partial charge in [-0.1, -0.05) is 35.9 Å². The van der Waals surface area contributed by atoms with E-state index >= 15 is 4.39 Å². The first kappa shape index (κ1) is 19.1. The van der Waals surface area contributed by atoms with Crippen LogP contribution >= 0.6 is 23.5 Å². The highest BCUT2D eigenvalue weighted by atomic mass is 35.5. The van der Waals surface area contributed by atoms with Crippen LogP contribution in [0.15, 0.2) is 58.1 Å². The van der Waals surface area contributed by atoms with Gasteiger partial charge in [0.2, 0.25) is 5.95 Å². The quantitative estimate of drug-likeness (QED) is 0.450. The van der Waals surface area contributed by atoms with Crippen LogP contribution in [0.25, 0.3) is 16.3 Å². The van der Waals surface area contributed by atoms with Crippen molar-refractivity contribution in [3.63, 3.8) is 0 Å². The Bertz CT molecular complexity index is 1010. The van der Waals surface area contributed by atoms with Gasteiger partial charge in [-0.3, -0.25) is 5.14 Å². The smallest absolute Gasteiger partial charge is 0.202 e. The van der Waals surface area contributed by atoms with Crippen molar-refractivity contribution in [2.45, 2.75) is 0 Å². The van der Waals surface area contributed by atoms with Gasteiger partial charge in [-0.25, -0.2) is 4.98 Å². The molecule has 0 amide bonds. The minimum absolute atomic E-state index is 0.190. The van der Waals surface area contributed by atoms with Gasteiger partial charge in [0.1, 0.15) is 10.8 Å². The van der Waals surface area contributed by atoms with E-state index in [4.69, 9.17) is 22.5 Å². The predicted molar refractivity (Wildman–Crippen MR) is 115 cm³/mol. The summed E-state index contributed by atoms with van der Waals surface area (Å²) in [6.07, 6.45) is 1.69. The van der Waals surface area contributed by atoms with E-state index in [1.807, 2.05) is 24.3 Å². The number of nitrogens with one attached hydrogen (secondary N) is 2. The first-order valence-electron chi connectivity index (χ1n) is 8.85. The summed E-state index contributed by atoms with van der Waals surface area (Å²) in [5.41, 5.74) is 7.07. The van der Waals surface area contributed by atoms with Crippen molar-refractivity contribution in [1.29, 1.82) is 0 Å². The minimum atomic E-state index is -0.576. The summed E-state index contributed by atoms with van der Waals surface area (Å²) >= 11 is 7.60. The van der Waals surface area contributed by atoms with Crippen LogP contribution in [-0.4, -0.2) is 36.1 Å². The molecule has 146 valence electrons. The third-order valence-corrected chi connectivity index (χ3v) is 5.72. The summed E-state index contributed by atoms with van der Waals surface area (Å²) in [4.78, 5) is 6.46. The van der Waals surface area contributed by atoms with Crippen LogP contribution < -0.4 is 21.5 Å². The lowest BCUT2D eigenvalue weighted by Crippen LogP contribution is -2.43. The minimum Gasteiger partial charge on any atom is -0.384 e. The van der Waals surface area contributed by atoms with Crippen LogP contribution in [0, 0.1) is 0 Å². The van der Waals surface area contributed by atoms with Gasteiger partial charge in [0.15, 0.2) is 0 Å². The van der Waals surface area contributed by atoms with Gasteiger partial charge in [-0.2, -0.15) is 4.39 Å². The van der Waals surface area contributed by atoms with Gasteiger partial charge in [-0.15, -0.1) is 0 Å². The molecular formula is C19H20ClFN6S. The summed E-state index contributed by atoms with van der Waals surface area (Å²) in [6, 6.07) is 9.29. The molecule has 0 saturated carbocycles. The largest absolute Gasteiger partial charge is 0.384 e. The zero-order chi connectivity index (χ0) is 19.7. The van der Waals surface area contributed by atoms with Gasteiger partial charge < -0.3 is 21.3 Å². The first-order valence-corrected chi connectivity index (χ1v) is 10.1. The second-order valence-electron chi connectivity index (χ2n) is 6.50. The molecule has 0 atom stereocenters. The second-order valence-corrected chi connectivity index (χ2v) is 7.53. The van der Waals surface area contributed by atoms with E-state index in [0.717, 1.165) is 53.9 Å². The molecule has 1 aromatic carbocycles. The van der Waals surface area contributed by atoms with Gasteiger partial charge >= 0.3 is 0 Å². The maximum Gasteiger partial charge on any atom is 0.202 e. The molecule has 2 aliphatic heterocycles. The number of nitrogens with two attached hydrogens (primary N) is 2. The topological polar surface area (TPSA) is 92.2 Å². The summed E-state index contributed by atoms with van der Waals surface area (Å²) in [5, 5.41) is 14.6. The van der Waals surface area contributed by atoms with E-state index in [2.05, 4.69) is 20.5 Å². The second kappa shape index (κ2) is 8.00. The van der Waals surface area contributed by atoms with E-state index in [-0.39, 0.29) is 10.6 Å². The molecule has 0 radical (unpaired) electrons. The van der Waals surface area contributed by atoms with E-state index < -0.39 is 5.95 Å². The number of hydrogen-bond donors (Lipinski definition) is 4. The molecule has 6 nitrogen and oxygen atoms in total. The highest BCUT2D eigenvalue weighted by molar-refractivity contribution is 8.00. The molecule has 1 saturated heterocycles. The van der Waals surface area contributed by atoms with Crippen molar-refractivity contribution in [2.24, 2.45) is 5.14 Å². The number of aromatic nitrogens is 1. The van der Waals surface area contributed by atoms with Crippen LogP contribution in [0.5, 0.6) is 0 Å². The zero-order valence-corrected chi connectivity index (χ0v) is 16.6. The lowest BCUT2D eigenvalue weighted by molar-refractivity contribution is 0.314. The summed E-state index contributed by atoms with van der Waals surface area (Å²) < 4.78 is 15.2. The SMILES string of the molecule is NS/C(=C1/C=C(Cl)C(c2nc(N)cc3ccccc23)=C(F)N1)N1CCNCC1. The Kier molecular flexibility index (Phi) is 5.45. The number of halogens is 2. The van der Waals surface area contributed by atoms with Gasteiger partial charge in [-0.05, 0) is 29.5 Å². The molecule has 1 aromatic heterocycles. The lowest BCUT2D eigenvalue weighted by Gasteiger charge is -2.32. The van der Waals surface area contributed by atoms with Crippen LogP contribution in [0.3, 0.4) is 0 Å². The standard InChI is InChI=1S/C19H20ClFN6S/c20-13-10-14(19(28-23)27-7-5-24-6-8-27)25-18(21)16(13)17-12-4-2-1-3-11(12)9-15(22)26-17/h1-4,9-10,24-25H,5-8,23H2,(H2,22,26)/b19-14-. The summed E-state index contributed by atoms with van der Waals surface area (Å²) in [6.45, 7) is 3.26. The number of dihydropyridines is 1. The van der Waals surface area contributed by atoms with Crippen molar-refractivity contribution in [3.05, 3.63) is 63.8 Å². The van der Waals surface area contributed by atoms with Crippen LogP contribution in [0.2, 0.25) is 0 Å². The fraction of sp³-hybridized carbons (Fsp3) is 0.211. The van der Waals surface area contributed by atoms with Crippen molar-refractivity contribution < 1.29 is 4.39 Å². The Morgan fingerprint density at radius 1 is 1.25 bits per heavy atom. The van der Waals surface area contributed by atoms with Gasteiger partial charge in [0.05, 0.1) is 22.0 Å². The first-order chi connectivity index (χ1) is 13.6. The number of rotatable bonds is 3. The Morgan fingerprint density at radius 2 is 2.00 bits per heavy atom. The number of piperazine rings is 1. The monoisotopic (exact) mass is 418 g/mol. The lowest BCUT2D eigenvalue weighted by atomic mass is 10.0. The third-order valence-electron chi connectivity index (χ3n) is 4.72. The zero-order valence-electron chi connectivity index (χ0n) is 15.0. The van der Waals surface area contributed by atoms with Crippen molar-refractivity contribution in [3.8, 4) is 0 Å². The highest BCUT2D eigenvalue weighted by Crippen LogP contribution is 2.38. The molecule has 0 unspecified atom stereocenters. The number of nitrogen functional groups attached to an aromatic ring is 1. The summed E-state index contributed by atoms with van der Waals surface area (Å²) in [5.74, 6) is -0.272. The predicted octanol–water partition coefficient (Wildman–Crippen LogP) is 2.86. The van der Waals surface area contributed by atoms with E-state index in [9.17, 15) is 0 Å². The summed E-state index contributed by atoms with van der Waals surface area (Å²) in [7, 11) is 0. The molecule has 9 heteroatoms. The average molecular weight is 419 g/mol. The van der Waals surface area contributed by atoms with Crippen LogP contribution in [-0.2, 0) is 0 Å². The number of nitrogens with zero attached hydrogens (tertiary/aromatic N) is 2. The fourth-order valence-corrected chi connectivity index (χ4v) is 4.29. The van der Waals surface area contributed by atoms with E-state index in [0.29, 0.717) is 17.2 Å². The molecule has 1 fully saturated rings. The number of anilines is 1. The van der Waals surface area contributed by atoms with Crippen LogP contribution in [0.4, 0.5) is 10.2 Å². The molecular weight excluding hydrogens is 399 g/mol. The molecule has 0 spiro atoms. The van der Waals surface area contributed by atoms with Gasteiger partial charge in [0.25, 0.3) is 0 Å². The number of fused-ring (bicyclic) bond motifs is 1. The van der Waals surface area contributed by atoms with Crippen molar-refractivity contribution in [1.82, 2.24) is 20.5 Å². The molecule has 2 aromatic rings. The Morgan fingerprint density at radius 3 is 2.71 bits per heavy atom. The van der Waals surface area contributed by atoms with Crippen LogP contribution in [0.1, 0.15) is 5.69 Å². The Hall–Kier alpha value is -2.26. The van der Waals surface area contributed by atoms with E-state index in [1.54, 1.807) is 12.1 Å². The Balaban J connectivity index is 1.79.